The van der Waals surface area contributed by atoms with E-state index in [1.807, 2.05) is 22.7 Å². The largest absolute Gasteiger partial charge is 0.480 e. The molecule has 0 spiro atoms. The van der Waals surface area contributed by atoms with E-state index in [4.69, 9.17) is 9.15 Å². The highest BCUT2D eigenvalue weighted by atomic mass is 32.2. The summed E-state index contributed by atoms with van der Waals surface area (Å²) in [6.07, 6.45) is 5.88. The molecule has 1 saturated heterocycles. The summed E-state index contributed by atoms with van der Waals surface area (Å²) in [5.41, 5.74) is 3.04. The molecule has 0 unspecified atom stereocenters. The number of ether oxygens (including phenoxy) is 1. The van der Waals surface area contributed by atoms with Gasteiger partial charge in [-0.05, 0) is 37.4 Å². The molecule has 0 saturated carbocycles. The molecule has 212 valence electrons. The van der Waals surface area contributed by atoms with Crippen LogP contribution in [0.5, 0.6) is 5.88 Å². The first-order valence-corrected chi connectivity index (χ1v) is 14.7. The van der Waals surface area contributed by atoms with Crippen LogP contribution in [0.25, 0.3) is 28.4 Å². The SMILES string of the molecule is COc1ncc(-c2ccc3ncc(-c4nnc(CCN5CCN(C)CC5)o4)n3c2)cc1NS(=O)(=O)c1ccccc1. The summed E-state index contributed by atoms with van der Waals surface area (Å²) in [6, 6.07) is 13.6. The quantitative estimate of drug-likeness (QED) is 0.280. The lowest BCUT2D eigenvalue weighted by Gasteiger charge is -2.31. The predicted octanol–water partition coefficient (Wildman–Crippen LogP) is 3.05. The second-order valence-electron chi connectivity index (χ2n) is 9.88. The predicted molar refractivity (Wildman–Crippen MR) is 153 cm³/mol. The van der Waals surface area contributed by atoms with Crippen LogP contribution in [0.1, 0.15) is 5.89 Å². The minimum Gasteiger partial charge on any atom is -0.480 e. The van der Waals surface area contributed by atoms with Crippen molar-refractivity contribution < 1.29 is 17.6 Å². The smallest absolute Gasteiger partial charge is 0.266 e. The van der Waals surface area contributed by atoms with Crippen LogP contribution in [0.15, 0.2) is 76.4 Å². The zero-order valence-corrected chi connectivity index (χ0v) is 23.6. The van der Waals surface area contributed by atoms with Gasteiger partial charge in [-0.25, -0.2) is 18.4 Å². The number of nitrogens with zero attached hydrogens (tertiary/aromatic N) is 7. The number of likely N-dealkylation sites (N-methyl/N-ethyl adjacent to an activating group) is 1. The number of hydrogen-bond acceptors (Lipinski definition) is 10. The molecule has 12 nitrogen and oxygen atoms in total. The zero-order valence-electron chi connectivity index (χ0n) is 22.8. The number of hydrogen-bond donors (Lipinski definition) is 1. The van der Waals surface area contributed by atoms with Gasteiger partial charge in [0.05, 0.1) is 18.2 Å². The summed E-state index contributed by atoms with van der Waals surface area (Å²) in [4.78, 5) is 13.7. The number of pyridine rings is 2. The molecule has 1 fully saturated rings. The minimum atomic E-state index is -3.84. The van der Waals surface area contributed by atoms with Crippen molar-refractivity contribution in [1.29, 1.82) is 0 Å². The van der Waals surface area contributed by atoms with Crippen LogP contribution in [0.2, 0.25) is 0 Å². The molecule has 1 N–H and O–H groups in total. The molecule has 6 rings (SSSR count). The highest BCUT2D eigenvalue weighted by molar-refractivity contribution is 7.92. The van der Waals surface area contributed by atoms with Gasteiger partial charge < -0.3 is 19.0 Å². The van der Waals surface area contributed by atoms with Gasteiger partial charge in [0, 0.05) is 62.7 Å². The normalized spacial score (nSPS) is 14.9. The number of benzene rings is 1. The third-order valence-corrected chi connectivity index (χ3v) is 8.49. The van der Waals surface area contributed by atoms with Crippen molar-refractivity contribution in [2.24, 2.45) is 0 Å². The van der Waals surface area contributed by atoms with Gasteiger partial charge >= 0.3 is 0 Å². The molecule has 1 aliphatic rings. The van der Waals surface area contributed by atoms with Crippen molar-refractivity contribution in [1.82, 2.24) is 34.4 Å². The first-order chi connectivity index (χ1) is 19.9. The van der Waals surface area contributed by atoms with Gasteiger partial charge in [-0.3, -0.25) is 9.12 Å². The summed E-state index contributed by atoms with van der Waals surface area (Å²) < 4.78 is 41.8. The molecule has 4 aromatic heterocycles. The summed E-state index contributed by atoms with van der Waals surface area (Å²) in [5.74, 6) is 1.12. The number of sulfonamides is 1. The zero-order chi connectivity index (χ0) is 28.4. The third kappa shape index (κ3) is 5.78. The highest BCUT2D eigenvalue weighted by Crippen LogP contribution is 2.31. The number of nitrogens with one attached hydrogen (secondary N) is 1. The second-order valence-corrected chi connectivity index (χ2v) is 11.6. The van der Waals surface area contributed by atoms with Crippen molar-refractivity contribution in [3.05, 3.63) is 73.0 Å². The lowest BCUT2D eigenvalue weighted by atomic mass is 10.1. The molecule has 1 aromatic carbocycles. The molecule has 0 amide bonds. The summed E-state index contributed by atoms with van der Waals surface area (Å²) >= 11 is 0. The van der Waals surface area contributed by atoms with Gasteiger partial charge in [0.2, 0.25) is 11.8 Å². The molecular formula is C28H30N8O4S. The number of anilines is 1. The van der Waals surface area contributed by atoms with E-state index in [9.17, 15) is 8.42 Å². The molecule has 1 aliphatic heterocycles. The summed E-state index contributed by atoms with van der Waals surface area (Å²) in [5, 5.41) is 8.55. The minimum absolute atomic E-state index is 0.138. The van der Waals surface area contributed by atoms with Gasteiger partial charge in [0.15, 0.2) is 0 Å². The van der Waals surface area contributed by atoms with Crippen molar-refractivity contribution >= 4 is 21.4 Å². The highest BCUT2D eigenvalue weighted by Gasteiger charge is 2.20. The molecule has 5 aromatic rings. The van der Waals surface area contributed by atoms with Crippen LogP contribution in [0.3, 0.4) is 0 Å². The van der Waals surface area contributed by atoms with Crippen molar-refractivity contribution in [3.63, 3.8) is 0 Å². The Morgan fingerprint density at radius 2 is 1.78 bits per heavy atom. The van der Waals surface area contributed by atoms with Gasteiger partial charge in [0.1, 0.15) is 17.0 Å². The van der Waals surface area contributed by atoms with E-state index in [1.165, 1.54) is 19.2 Å². The van der Waals surface area contributed by atoms with Crippen molar-refractivity contribution in [3.8, 4) is 28.6 Å². The van der Waals surface area contributed by atoms with Gasteiger partial charge in [-0.2, -0.15) is 0 Å². The fraction of sp³-hybridized carbons (Fsp3) is 0.286. The van der Waals surface area contributed by atoms with E-state index in [0.717, 1.165) is 38.3 Å². The molecule has 41 heavy (non-hydrogen) atoms. The van der Waals surface area contributed by atoms with Crippen LogP contribution in [-0.2, 0) is 16.4 Å². The van der Waals surface area contributed by atoms with Gasteiger partial charge in [-0.15, -0.1) is 10.2 Å². The number of piperazine rings is 1. The first kappa shape index (κ1) is 26.9. The Morgan fingerprint density at radius 1 is 0.976 bits per heavy atom. The lowest BCUT2D eigenvalue weighted by Crippen LogP contribution is -2.45. The van der Waals surface area contributed by atoms with E-state index in [2.05, 4.69) is 41.7 Å². The van der Waals surface area contributed by atoms with E-state index in [0.29, 0.717) is 35.1 Å². The third-order valence-electron chi connectivity index (χ3n) is 7.11. The molecule has 0 radical (unpaired) electrons. The second kappa shape index (κ2) is 11.3. The maximum absolute atomic E-state index is 13.0. The van der Waals surface area contributed by atoms with Crippen LogP contribution < -0.4 is 9.46 Å². The number of methoxy groups -OCH3 is 1. The summed E-state index contributed by atoms with van der Waals surface area (Å²) in [6.45, 7) is 5.05. The molecule has 13 heteroatoms. The number of fused-ring (bicyclic) bond motifs is 1. The summed E-state index contributed by atoms with van der Waals surface area (Å²) in [7, 11) is -0.264. The Labute approximate surface area is 237 Å². The van der Waals surface area contributed by atoms with Crippen LogP contribution >= 0.6 is 0 Å². The monoisotopic (exact) mass is 574 g/mol. The van der Waals surface area contributed by atoms with Crippen LogP contribution in [0, 0.1) is 0 Å². The Hall–Kier alpha value is -4.33. The van der Waals surface area contributed by atoms with Gasteiger partial charge in [0.25, 0.3) is 15.9 Å². The fourth-order valence-corrected chi connectivity index (χ4v) is 5.81. The molecule has 0 bridgehead atoms. The number of rotatable bonds is 9. The standard InChI is InChI=1S/C28H30N8O4S/c1-34-12-14-35(15-13-34)11-10-26-31-32-28(40-26)24-18-29-25-9-8-20(19-36(24)25)21-16-23(27(39-2)30-17-21)33-41(37,38)22-6-4-3-5-7-22/h3-9,16-19,33H,10-15H2,1-2H3. The van der Waals surface area contributed by atoms with E-state index in [-0.39, 0.29) is 16.5 Å². The number of imidazole rings is 1. The van der Waals surface area contributed by atoms with Crippen LogP contribution in [-0.4, -0.2) is 89.7 Å². The average molecular weight is 575 g/mol. The van der Waals surface area contributed by atoms with Crippen LogP contribution in [0.4, 0.5) is 5.69 Å². The maximum Gasteiger partial charge on any atom is 0.266 e. The van der Waals surface area contributed by atoms with E-state index >= 15 is 0 Å². The van der Waals surface area contributed by atoms with E-state index in [1.54, 1.807) is 36.7 Å². The Morgan fingerprint density at radius 3 is 2.56 bits per heavy atom. The molecule has 0 atom stereocenters. The first-order valence-electron chi connectivity index (χ1n) is 13.2. The number of aromatic nitrogens is 5. The Bertz CT molecular complexity index is 1760. The average Bonchev–Trinajstić information content (AvgIpc) is 3.64. The van der Waals surface area contributed by atoms with Crippen molar-refractivity contribution in [2.45, 2.75) is 11.3 Å². The molecule has 5 heterocycles. The lowest BCUT2D eigenvalue weighted by molar-refractivity contribution is 0.153. The topological polar surface area (TPSA) is 131 Å². The fourth-order valence-electron chi connectivity index (χ4n) is 4.74. The van der Waals surface area contributed by atoms with Gasteiger partial charge in [-0.1, -0.05) is 18.2 Å². The van der Waals surface area contributed by atoms with Crippen molar-refractivity contribution in [2.75, 3.05) is 51.6 Å². The van der Waals surface area contributed by atoms with E-state index < -0.39 is 10.0 Å². The maximum atomic E-state index is 13.0. The Balaban J connectivity index is 1.25. The molecule has 0 aliphatic carbocycles. The molecular weight excluding hydrogens is 544 g/mol. The Kier molecular flexibility index (Phi) is 7.39.